The van der Waals surface area contributed by atoms with Gasteiger partial charge in [-0.25, -0.2) is 0 Å². The third-order valence-corrected chi connectivity index (χ3v) is 3.84. The Kier molecular flexibility index (Phi) is 4.67. The molecular formula is C15H17NOS. The van der Waals surface area contributed by atoms with Crippen LogP contribution >= 0.6 is 11.3 Å². The van der Waals surface area contributed by atoms with E-state index in [1.54, 1.807) is 11.3 Å². The third-order valence-electron chi connectivity index (χ3n) is 2.91. The third kappa shape index (κ3) is 3.79. The van der Waals surface area contributed by atoms with Gasteiger partial charge in [0.05, 0.1) is 0 Å². The molecule has 0 radical (unpaired) electrons. The lowest BCUT2D eigenvalue weighted by Crippen LogP contribution is -2.15. The van der Waals surface area contributed by atoms with Gasteiger partial charge in [0.15, 0.2) is 0 Å². The minimum absolute atomic E-state index is 0.179. The fraction of sp³-hybridized carbons (Fsp3) is 0.267. The van der Waals surface area contributed by atoms with Gasteiger partial charge in [-0.15, -0.1) is 11.3 Å². The lowest BCUT2D eigenvalue weighted by molar-refractivity contribution is -0.119. The van der Waals surface area contributed by atoms with Crippen LogP contribution in [0.2, 0.25) is 0 Å². The number of carbonyl (C=O) groups is 1. The van der Waals surface area contributed by atoms with Crippen LogP contribution in [0, 0.1) is 0 Å². The first kappa shape index (κ1) is 13.0. The zero-order valence-corrected chi connectivity index (χ0v) is 11.0. The van der Waals surface area contributed by atoms with E-state index >= 15 is 0 Å². The van der Waals surface area contributed by atoms with E-state index in [9.17, 15) is 4.79 Å². The van der Waals surface area contributed by atoms with E-state index in [0.717, 1.165) is 12.0 Å². The summed E-state index contributed by atoms with van der Waals surface area (Å²) in [7, 11) is 0. The maximum atomic E-state index is 11.8. The van der Waals surface area contributed by atoms with Crippen molar-refractivity contribution in [2.75, 3.05) is 0 Å². The molecule has 2 rings (SSSR count). The van der Waals surface area contributed by atoms with E-state index in [2.05, 4.69) is 6.07 Å². The lowest BCUT2D eigenvalue weighted by Gasteiger charge is -2.10. The molecule has 0 aliphatic heterocycles. The van der Waals surface area contributed by atoms with Gasteiger partial charge in [0.2, 0.25) is 0 Å². The van der Waals surface area contributed by atoms with Gasteiger partial charge in [-0.05, 0) is 23.4 Å². The van der Waals surface area contributed by atoms with Gasteiger partial charge in [0.1, 0.15) is 5.78 Å². The van der Waals surface area contributed by atoms with Crippen molar-refractivity contribution in [3.05, 3.63) is 58.3 Å². The van der Waals surface area contributed by atoms with Crippen molar-refractivity contribution in [2.45, 2.75) is 25.3 Å². The second-order valence-corrected chi connectivity index (χ2v) is 5.37. The first-order valence-corrected chi connectivity index (χ1v) is 6.98. The van der Waals surface area contributed by atoms with Crippen LogP contribution in [0.25, 0.3) is 0 Å². The number of thiophene rings is 1. The summed E-state index contributed by atoms with van der Waals surface area (Å²) in [6, 6.07) is 13.7. The van der Waals surface area contributed by atoms with E-state index < -0.39 is 0 Å². The van der Waals surface area contributed by atoms with Crippen molar-refractivity contribution in [2.24, 2.45) is 5.73 Å². The Bertz CT molecular complexity index is 478. The van der Waals surface area contributed by atoms with Gasteiger partial charge < -0.3 is 5.73 Å². The van der Waals surface area contributed by atoms with Crippen LogP contribution < -0.4 is 5.73 Å². The number of Topliss-reactive ketones (excluding diaryl/α,β-unsaturated/α-hetero) is 1. The molecule has 1 atom stereocenters. The van der Waals surface area contributed by atoms with Gasteiger partial charge in [-0.3, -0.25) is 4.79 Å². The average molecular weight is 259 g/mol. The van der Waals surface area contributed by atoms with Crippen molar-refractivity contribution in [3.63, 3.8) is 0 Å². The topological polar surface area (TPSA) is 43.1 Å². The second kappa shape index (κ2) is 6.47. The molecule has 0 fully saturated rings. The summed E-state index contributed by atoms with van der Waals surface area (Å²) >= 11 is 1.70. The van der Waals surface area contributed by atoms with Gasteiger partial charge in [-0.1, -0.05) is 36.4 Å². The first-order valence-electron chi connectivity index (χ1n) is 6.10. The summed E-state index contributed by atoms with van der Waals surface area (Å²) in [6.07, 6.45) is 1.84. The zero-order valence-electron chi connectivity index (χ0n) is 10.2. The Balaban J connectivity index is 1.80. The maximum absolute atomic E-state index is 11.8. The van der Waals surface area contributed by atoms with Gasteiger partial charge in [-0.2, -0.15) is 0 Å². The number of benzene rings is 1. The molecular weight excluding hydrogens is 242 g/mol. The minimum Gasteiger partial charge on any atom is -0.324 e. The molecule has 0 saturated carbocycles. The van der Waals surface area contributed by atoms with Gasteiger partial charge in [0, 0.05) is 23.8 Å². The molecule has 1 aromatic heterocycles. The highest BCUT2D eigenvalue weighted by atomic mass is 32.1. The van der Waals surface area contributed by atoms with E-state index in [1.165, 1.54) is 4.88 Å². The fourth-order valence-electron chi connectivity index (χ4n) is 1.88. The van der Waals surface area contributed by atoms with Crippen molar-refractivity contribution in [1.82, 2.24) is 0 Å². The number of aryl methyl sites for hydroxylation is 1. The molecule has 18 heavy (non-hydrogen) atoms. The lowest BCUT2D eigenvalue weighted by atomic mass is 10.0. The molecule has 94 valence electrons. The van der Waals surface area contributed by atoms with E-state index in [4.69, 9.17) is 5.73 Å². The highest BCUT2D eigenvalue weighted by Gasteiger charge is 2.11. The van der Waals surface area contributed by atoms with Crippen LogP contribution in [0.1, 0.15) is 29.3 Å². The summed E-state index contributed by atoms with van der Waals surface area (Å²) in [4.78, 5) is 13.1. The van der Waals surface area contributed by atoms with Crippen LogP contribution in [0.5, 0.6) is 0 Å². The SMILES string of the molecule is NC(CC(=O)CCc1cccs1)c1ccccc1. The second-order valence-electron chi connectivity index (χ2n) is 4.34. The van der Waals surface area contributed by atoms with E-state index in [-0.39, 0.29) is 11.8 Å². The van der Waals surface area contributed by atoms with E-state index in [0.29, 0.717) is 12.8 Å². The number of carbonyl (C=O) groups excluding carboxylic acids is 1. The molecule has 1 unspecified atom stereocenters. The molecule has 0 amide bonds. The smallest absolute Gasteiger partial charge is 0.135 e. The summed E-state index contributed by atoms with van der Waals surface area (Å²) in [5, 5.41) is 2.04. The normalized spacial score (nSPS) is 12.3. The molecule has 1 heterocycles. The van der Waals surface area contributed by atoms with Gasteiger partial charge >= 0.3 is 0 Å². The molecule has 0 bridgehead atoms. The number of hydrogen-bond acceptors (Lipinski definition) is 3. The number of nitrogens with two attached hydrogens (primary N) is 1. The quantitative estimate of drug-likeness (QED) is 0.864. The Morgan fingerprint density at radius 2 is 1.94 bits per heavy atom. The molecule has 2 nitrogen and oxygen atoms in total. The summed E-state index contributed by atoms with van der Waals surface area (Å²) in [5.41, 5.74) is 7.06. The zero-order chi connectivity index (χ0) is 12.8. The van der Waals surface area contributed by atoms with Crippen LogP contribution in [0.4, 0.5) is 0 Å². The summed E-state index contributed by atoms with van der Waals surface area (Å²) in [5.74, 6) is 0.236. The Morgan fingerprint density at radius 1 is 1.17 bits per heavy atom. The van der Waals surface area contributed by atoms with Crippen molar-refractivity contribution >= 4 is 17.1 Å². The highest BCUT2D eigenvalue weighted by Crippen LogP contribution is 2.16. The van der Waals surface area contributed by atoms with E-state index in [1.807, 2.05) is 41.8 Å². The molecule has 3 heteroatoms. The molecule has 2 N–H and O–H groups in total. The van der Waals surface area contributed by atoms with Crippen molar-refractivity contribution in [3.8, 4) is 0 Å². The molecule has 0 aliphatic rings. The Morgan fingerprint density at radius 3 is 2.61 bits per heavy atom. The minimum atomic E-state index is -0.179. The average Bonchev–Trinajstić information content (AvgIpc) is 2.90. The van der Waals surface area contributed by atoms with Crippen LogP contribution in [0.3, 0.4) is 0 Å². The maximum Gasteiger partial charge on any atom is 0.135 e. The van der Waals surface area contributed by atoms with Crippen LogP contribution in [-0.2, 0) is 11.2 Å². The Hall–Kier alpha value is -1.45. The molecule has 0 saturated heterocycles. The molecule has 1 aromatic carbocycles. The molecule has 0 spiro atoms. The summed E-state index contributed by atoms with van der Waals surface area (Å²) in [6.45, 7) is 0. The largest absolute Gasteiger partial charge is 0.324 e. The van der Waals surface area contributed by atoms with Gasteiger partial charge in [0.25, 0.3) is 0 Å². The number of hydrogen-bond donors (Lipinski definition) is 1. The fourth-order valence-corrected chi connectivity index (χ4v) is 2.59. The number of rotatable bonds is 6. The number of ketones is 1. The van der Waals surface area contributed by atoms with Crippen LogP contribution in [-0.4, -0.2) is 5.78 Å². The standard InChI is InChI=1S/C15H17NOS/c16-15(12-5-2-1-3-6-12)11-13(17)8-9-14-7-4-10-18-14/h1-7,10,15H,8-9,11,16H2. The highest BCUT2D eigenvalue weighted by molar-refractivity contribution is 7.09. The van der Waals surface area contributed by atoms with Crippen molar-refractivity contribution < 1.29 is 4.79 Å². The molecule has 0 aliphatic carbocycles. The molecule has 2 aromatic rings. The summed E-state index contributed by atoms with van der Waals surface area (Å²) < 4.78 is 0. The van der Waals surface area contributed by atoms with Crippen LogP contribution in [0.15, 0.2) is 47.8 Å². The predicted molar refractivity (Wildman–Crippen MR) is 75.6 cm³/mol. The monoisotopic (exact) mass is 259 g/mol. The Labute approximate surface area is 111 Å². The first-order chi connectivity index (χ1) is 8.75. The van der Waals surface area contributed by atoms with Crippen molar-refractivity contribution in [1.29, 1.82) is 0 Å². The predicted octanol–water partition coefficient (Wildman–Crippen LogP) is 3.34.